The van der Waals surface area contributed by atoms with E-state index in [0.717, 1.165) is 6.42 Å². The van der Waals surface area contributed by atoms with E-state index in [1.165, 1.54) is 10.1 Å². The van der Waals surface area contributed by atoms with E-state index in [0.29, 0.717) is 36.7 Å². The largest absolute Gasteiger partial charge is 0.493 e. The van der Waals surface area contributed by atoms with E-state index in [9.17, 15) is 4.79 Å². The van der Waals surface area contributed by atoms with Crippen molar-refractivity contribution in [1.82, 2.24) is 4.57 Å². The number of hydrogen-bond acceptors (Lipinski definition) is 5. The molecule has 6 heteroatoms. The third-order valence-corrected chi connectivity index (χ3v) is 3.79. The van der Waals surface area contributed by atoms with Crippen molar-refractivity contribution in [3.8, 4) is 5.75 Å². The quantitative estimate of drug-likeness (QED) is 0.559. The van der Waals surface area contributed by atoms with Gasteiger partial charge in [-0.1, -0.05) is 30.3 Å². The van der Waals surface area contributed by atoms with Gasteiger partial charge in [0.2, 0.25) is 0 Å². The maximum Gasteiger partial charge on any atom is 0.421 e. The van der Waals surface area contributed by atoms with Crippen LogP contribution in [0.4, 0.5) is 0 Å². The fourth-order valence-corrected chi connectivity index (χ4v) is 2.49. The molecule has 0 aliphatic heterocycles. The fraction of sp³-hybridized carbons (Fsp3) is 0.316. The molecule has 132 valence electrons. The molecule has 1 heterocycles. The van der Waals surface area contributed by atoms with Crippen molar-refractivity contribution in [2.45, 2.75) is 13.2 Å². The molecule has 0 unspecified atom stereocenters. The van der Waals surface area contributed by atoms with Gasteiger partial charge in [-0.05, 0) is 17.7 Å². The van der Waals surface area contributed by atoms with Crippen LogP contribution < -0.4 is 10.5 Å². The van der Waals surface area contributed by atoms with Gasteiger partial charge in [0.25, 0.3) is 0 Å². The lowest BCUT2D eigenvalue weighted by atomic mass is 10.2. The molecule has 0 amide bonds. The molecule has 3 aromatic rings. The third kappa shape index (κ3) is 4.49. The van der Waals surface area contributed by atoms with Crippen LogP contribution >= 0.6 is 0 Å². The van der Waals surface area contributed by atoms with E-state index in [1.807, 2.05) is 24.3 Å². The highest BCUT2D eigenvalue weighted by Gasteiger charge is 2.10. The number of hydrogen-bond donors (Lipinski definition) is 0. The second-order valence-electron chi connectivity index (χ2n) is 5.54. The Morgan fingerprint density at radius 3 is 2.68 bits per heavy atom. The number of methoxy groups -OCH3 is 1. The number of oxazole rings is 1. The van der Waals surface area contributed by atoms with Gasteiger partial charge in [0, 0.05) is 19.6 Å². The lowest BCUT2D eigenvalue weighted by Crippen LogP contribution is -2.17. The lowest BCUT2D eigenvalue weighted by Gasteiger charge is -2.07. The maximum atomic E-state index is 12.0. The summed E-state index contributed by atoms with van der Waals surface area (Å²) in [5, 5.41) is 0. The van der Waals surface area contributed by atoms with Gasteiger partial charge < -0.3 is 18.6 Å². The van der Waals surface area contributed by atoms with Crippen LogP contribution in [-0.4, -0.2) is 31.5 Å². The Hall–Kier alpha value is -2.57. The molecule has 0 aliphatic carbocycles. The van der Waals surface area contributed by atoms with Gasteiger partial charge in [0.1, 0.15) is 12.5 Å². The van der Waals surface area contributed by atoms with E-state index >= 15 is 0 Å². The van der Waals surface area contributed by atoms with Crippen molar-refractivity contribution in [3.05, 3.63) is 64.6 Å². The summed E-state index contributed by atoms with van der Waals surface area (Å²) in [4.78, 5) is 12.0. The second kappa shape index (κ2) is 8.50. The average molecular weight is 343 g/mol. The minimum Gasteiger partial charge on any atom is -0.493 e. The van der Waals surface area contributed by atoms with Gasteiger partial charge in [-0.15, -0.1) is 0 Å². The molecule has 0 saturated carbocycles. The molecule has 0 spiro atoms. The first-order valence-corrected chi connectivity index (χ1v) is 8.15. The Bertz CT molecular complexity index is 853. The summed E-state index contributed by atoms with van der Waals surface area (Å²) in [5.41, 5.74) is 2.38. The van der Waals surface area contributed by atoms with Gasteiger partial charge in [-0.2, -0.15) is 0 Å². The van der Waals surface area contributed by atoms with E-state index < -0.39 is 5.76 Å². The summed E-state index contributed by atoms with van der Waals surface area (Å²) in [5.74, 6) is 0.221. The van der Waals surface area contributed by atoms with Gasteiger partial charge >= 0.3 is 5.76 Å². The zero-order chi connectivity index (χ0) is 17.5. The van der Waals surface area contributed by atoms with Crippen molar-refractivity contribution in [3.63, 3.8) is 0 Å². The first-order chi connectivity index (χ1) is 12.3. The van der Waals surface area contributed by atoms with Crippen LogP contribution in [0.1, 0.15) is 5.56 Å². The summed E-state index contributed by atoms with van der Waals surface area (Å²) in [6, 6.07) is 15.5. The van der Waals surface area contributed by atoms with Crippen LogP contribution in [0.3, 0.4) is 0 Å². The molecule has 0 aliphatic rings. The molecule has 25 heavy (non-hydrogen) atoms. The number of ether oxygens (including phenoxy) is 3. The normalized spacial score (nSPS) is 11.1. The Labute approximate surface area is 145 Å². The highest BCUT2D eigenvalue weighted by Crippen LogP contribution is 2.20. The minimum atomic E-state index is -0.450. The zero-order valence-electron chi connectivity index (χ0n) is 14.1. The van der Waals surface area contributed by atoms with Crippen LogP contribution in [0.2, 0.25) is 0 Å². The van der Waals surface area contributed by atoms with Gasteiger partial charge in [-0.3, -0.25) is 0 Å². The number of benzene rings is 2. The lowest BCUT2D eigenvalue weighted by molar-refractivity contribution is 0.0330. The van der Waals surface area contributed by atoms with Gasteiger partial charge in [-0.25, -0.2) is 9.36 Å². The highest BCUT2D eigenvalue weighted by atomic mass is 16.5. The summed E-state index contributed by atoms with van der Waals surface area (Å²) >= 11 is 0. The second-order valence-corrected chi connectivity index (χ2v) is 5.54. The Morgan fingerprint density at radius 2 is 1.88 bits per heavy atom. The molecule has 0 fully saturated rings. The highest BCUT2D eigenvalue weighted by molar-refractivity contribution is 5.74. The van der Waals surface area contributed by atoms with Gasteiger partial charge in [0.15, 0.2) is 5.58 Å². The predicted molar refractivity (Wildman–Crippen MR) is 93.9 cm³/mol. The van der Waals surface area contributed by atoms with E-state index in [-0.39, 0.29) is 6.73 Å². The van der Waals surface area contributed by atoms with Crippen LogP contribution in [0, 0.1) is 0 Å². The number of rotatable bonds is 9. The molecule has 0 saturated heterocycles. The standard InChI is InChI=1S/C19H21NO5/c1-22-11-12-23-14-20-17-8-7-16(13-18(17)25-19(20)21)24-10-9-15-5-3-2-4-6-15/h2-8,13H,9-12,14H2,1H3. The van der Waals surface area contributed by atoms with E-state index in [4.69, 9.17) is 18.6 Å². The first kappa shape index (κ1) is 17.3. The van der Waals surface area contributed by atoms with Crippen molar-refractivity contribution in [2.24, 2.45) is 0 Å². The Morgan fingerprint density at radius 1 is 1.04 bits per heavy atom. The molecule has 0 N–H and O–H groups in total. The molecule has 2 aromatic carbocycles. The number of aromatic nitrogens is 1. The monoisotopic (exact) mass is 343 g/mol. The van der Waals surface area contributed by atoms with Crippen molar-refractivity contribution >= 4 is 11.1 Å². The zero-order valence-corrected chi connectivity index (χ0v) is 14.1. The molecular formula is C19H21NO5. The fourth-order valence-electron chi connectivity index (χ4n) is 2.49. The van der Waals surface area contributed by atoms with Crippen LogP contribution in [0.25, 0.3) is 11.1 Å². The Balaban J connectivity index is 1.63. The SMILES string of the molecule is COCCOCn1c(=O)oc2cc(OCCc3ccccc3)ccc21. The van der Waals surface area contributed by atoms with Crippen LogP contribution in [-0.2, 0) is 22.6 Å². The molecule has 6 nitrogen and oxygen atoms in total. The smallest absolute Gasteiger partial charge is 0.421 e. The van der Waals surface area contributed by atoms with Crippen LogP contribution in [0.5, 0.6) is 5.75 Å². The van der Waals surface area contributed by atoms with Crippen molar-refractivity contribution in [2.75, 3.05) is 26.9 Å². The number of nitrogens with zero attached hydrogens (tertiary/aromatic N) is 1. The number of fused-ring (bicyclic) bond motifs is 1. The summed E-state index contributed by atoms with van der Waals surface area (Å²) in [6.45, 7) is 1.57. The molecule has 0 atom stereocenters. The minimum absolute atomic E-state index is 0.128. The molecule has 1 aromatic heterocycles. The third-order valence-electron chi connectivity index (χ3n) is 3.79. The predicted octanol–water partition coefficient (Wildman–Crippen LogP) is 2.84. The average Bonchev–Trinajstić information content (AvgIpc) is 2.94. The molecule has 0 radical (unpaired) electrons. The first-order valence-electron chi connectivity index (χ1n) is 8.15. The van der Waals surface area contributed by atoms with Crippen LogP contribution in [0.15, 0.2) is 57.7 Å². The van der Waals surface area contributed by atoms with E-state index in [1.54, 1.807) is 19.2 Å². The van der Waals surface area contributed by atoms with E-state index in [2.05, 4.69) is 12.1 Å². The summed E-state index contributed by atoms with van der Waals surface area (Å²) in [6.07, 6.45) is 0.817. The molecule has 3 rings (SSSR count). The van der Waals surface area contributed by atoms with Crippen molar-refractivity contribution in [1.29, 1.82) is 0 Å². The Kier molecular flexibility index (Phi) is 5.87. The topological polar surface area (TPSA) is 62.8 Å². The van der Waals surface area contributed by atoms with Crippen molar-refractivity contribution < 1.29 is 18.6 Å². The summed E-state index contributed by atoms with van der Waals surface area (Å²) < 4.78 is 22.8. The summed E-state index contributed by atoms with van der Waals surface area (Å²) in [7, 11) is 1.60. The van der Waals surface area contributed by atoms with Gasteiger partial charge in [0.05, 0.1) is 25.3 Å². The molecular weight excluding hydrogens is 322 g/mol. The maximum absolute atomic E-state index is 12.0. The molecule has 0 bridgehead atoms.